The molecule has 0 saturated carbocycles. The molecule has 1 saturated heterocycles. The fourth-order valence-electron chi connectivity index (χ4n) is 1.46. The van der Waals surface area contributed by atoms with E-state index >= 15 is 0 Å². The van der Waals surface area contributed by atoms with Gasteiger partial charge in [0.1, 0.15) is 5.75 Å². The van der Waals surface area contributed by atoms with Crippen molar-refractivity contribution in [3.63, 3.8) is 0 Å². The van der Waals surface area contributed by atoms with Gasteiger partial charge in [0.2, 0.25) is 0 Å². The first-order valence-corrected chi connectivity index (χ1v) is 5.54. The number of halogens is 1. The van der Waals surface area contributed by atoms with Crippen LogP contribution >= 0.6 is 15.9 Å². The Balaban J connectivity index is 2.13. The number of hydrogen-bond acceptors (Lipinski definition) is 2. The molecule has 1 aromatic rings. The molecule has 1 heterocycles. The molecule has 2 nitrogen and oxygen atoms in total. The van der Waals surface area contributed by atoms with E-state index in [0.29, 0.717) is 6.61 Å². The van der Waals surface area contributed by atoms with Crippen molar-refractivity contribution >= 4 is 15.9 Å². The highest BCUT2D eigenvalue weighted by Gasteiger charge is 2.37. The van der Waals surface area contributed by atoms with Crippen LogP contribution in [0.15, 0.2) is 24.3 Å². The molecule has 1 aromatic carbocycles. The topological polar surface area (TPSA) is 18.5 Å². The highest BCUT2D eigenvalue weighted by molar-refractivity contribution is 9.09. The Morgan fingerprint density at radius 3 is 2.43 bits per heavy atom. The third-order valence-electron chi connectivity index (χ3n) is 2.34. The molecule has 0 radical (unpaired) electrons. The SMILES string of the molecule is CCOc1ccc(C2(Br)COC2)cc1. The Morgan fingerprint density at radius 2 is 2.00 bits per heavy atom. The summed E-state index contributed by atoms with van der Waals surface area (Å²) in [7, 11) is 0. The summed E-state index contributed by atoms with van der Waals surface area (Å²) in [6, 6.07) is 8.17. The highest BCUT2D eigenvalue weighted by atomic mass is 79.9. The molecule has 3 heteroatoms. The average molecular weight is 257 g/mol. The van der Waals surface area contributed by atoms with Crippen molar-refractivity contribution in [3.05, 3.63) is 29.8 Å². The molecule has 0 aliphatic carbocycles. The van der Waals surface area contributed by atoms with Gasteiger partial charge in [0.15, 0.2) is 0 Å². The summed E-state index contributed by atoms with van der Waals surface area (Å²) in [5, 5.41) is 0. The summed E-state index contributed by atoms with van der Waals surface area (Å²) >= 11 is 3.67. The van der Waals surface area contributed by atoms with E-state index in [0.717, 1.165) is 19.0 Å². The smallest absolute Gasteiger partial charge is 0.119 e. The second kappa shape index (κ2) is 3.91. The van der Waals surface area contributed by atoms with Gasteiger partial charge in [-0.05, 0) is 24.6 Å². The molecule has 0 bridgehead atoms. The summed E-state index contributed by atoms with van der Waals surface area (Å²) < 4.78 is 10.6. The summed E-state index contributed by atoms with van der Waals surface area (Å²) in [5.41, 5.74) is 1.26. The third kappa shape index (κ3) is 1.79. The minimum Gasteiger partial charge on any atom is -0.494 e. The average Bonchev–Trinajstić information content (AvgIpc) is 2.16. The lowest BCUT2D eigenvalue weighted by Gasteiger charge is -2.36. The largest absolute Gasteiger partial charge is 0.494 e. The third-order valence-corrected chi connectivity index (χ3v) is 3.26. The zero-order valence-electron chi connectivity index (χ0n) is 8.13. The number of hydrogen-bond donors (Lipinski definition) is 0. The van der Waals surface area contributed by atoms with Crippen molar-refractivity contribution in [2.24, 2.45) is 0 Å². The molecule has 0 N–H and O–H groups in total. The van der Waals surface area contributed by atoms with Crippen LogP contribution in [0.25, 0.3) is 0 Å². The number of rotatable bonds is 3. The van der Waals surface area contributed by atoms with Gasteiger partial charge in [-0.25, -0.2) is 0 Å². The van der Waals surface area contributed by atoms with Crippen molar-refractivity contribution in [2.45, 2.75) is 11.2 Å². The van der Waals surface area contributed by atoms with Crippen molar-refractivity contribution < 1.29 is 9.47 Å². The van der Waals surface area contributed by atoms with Crippen LogP contribution < -0.4 is 4.74 Å². The van der Waals surface area contributed by atoms with Gasteiger partial charge < -0.3 is 9.47 Å². The second-order valence-electron chi connectivity index (χ2n) is 3.42. The molecule has 0 aromatic heterocycles. The van der Waals surface area contributed by atoms with Crippen LogP contribution in [0, 0.1) is 0 Å². The van der Waals surface area contributed by atoms with Crippen molar-refractivity contribution in [3.8, 4) is 5.75 Å². The van der Waals surface area contributed by atoms with Crippen LogP contribution in [0.2, 0.25) is 0 Å². The van der Waals surface area contributed by atoms with E-state index < -0.39 is 0 Å². The van der Waals surface area contributed by atoms with E-state index in [1.54, 1.807) is 0 Å². The lowest BCUT2D eigenvalue weighted by atomic mass is 9.97. The molecule has 76 valence electrons. The zero-order chi connectivity index (χ0) is 10.0. The van der Waals surface area contributed by atoms with Crippen molar-refractivity contribution in [1.82, 2.24) is 0 Å². The maximum Gasteiger partial charge on any atom is 0.119 e. The predicted octanol–water partition coefficient (Wildman–Crippen LogP) is 2.71. The monoisotopic (exact) mass is 256 g/mol. The molecule has 0 amide bonds. The minimum absolute atomic E-state index is 0.0394. The van der Waals surface area contributed by atoms with Crippen molar-refractivity contribution in [1.29, 1.82) is 0 Å². The second-order valence-corrected chi connectivity index (χ2v) is 4.93. The van der Waals surface area contributed by atoms with Crippen LogP contribution in [-0.4, -0.2) is 19.8 Å². The lowest BCUT2D eigenvalue weighted by Crippen LogP contribution is -2.40. The fourth-order valence-corrected chi connectivity index (χ4v) is 2.05. The van der Waals surface area contributed by atoms with Crippen LogP contribution in [0.4, 0.5) is 0 Å². The Kier molecular flexibility index (Phi) is 2.79. The molecule has 0 unspecified atom stereocenters. The molecule has 2 rings (SSSR count). The Bertz CT molecular complexity index is 304. The Hall–Kier alpha value is -0.540. The van der Waals surface area contributed by atoms with Crippen LogP contribution in [0.1, 0.15) is 12.5 Å². The Morgan fingerprint density at radius 1 is 1.36 bits per heavy atom. The predicted molar refractivity (Wildman–Crippen MR) is 59.0 cm³/mol. The molecule has 1 fully saturated rings. The van der Waals surface area contributed by atoms with Gasteiger partial charge in [-0.15, -0.1) is 0 Å². The molecule has 1 aliphatic rings. The summed E-state index contributed by atoms with van der Waals surface area (Å²) in [5.74, 6) is 0.924. The van der Waals surface area contributed by atoms with E-state index in [9.17, 15) is 0 Å². The first-order chi connectivity index (χ1) is 6.74. The maximum absolute atomic E-state index is 5.38. The standard InChI is InChI=1S/C11H13BrO2/c1-2-14-10-5-3-9(4-6-10)11(12)7-13-8-11/h3-6H,2,7-8H2,1H3. The van der Waals surface area contributed by atoms with Crippen LogP contribution in [0.5, 0.6) is 5.75 Å². The Labute approximate surface area is 92.3 Å². The van der Waals surface area contributed by atoms with Gasteiger partial charge in [0.05, 0.1) is 24.1 Å². The van der Waals surface area contributed by atoms with Gasteiger partial charge in [0, 0.05) is 0 Å². The summed E-state index contributed by atoms with van der Waals surface area (Å²) in [6.45, 7) is 4.20. The zero-order valence-corrected chi connectivity index (χ0v) is 9.71. The summed E-state index contributed by atoms with van der Waals surface area (Å²) in [6.07, 6.45) is 0. The molecule has 0 spiro atoms. The van der Waals surface area contributed by atoms with Gasteiger partial charge in [-0.2, -0.15) is 0 Å². The first kappa shape index (κ1) is 9.99. The number of ether oxygens (including phenoxy) is 2. The van der Waals surface area contributed by atoms with E-state index in [4.69, 9.17) is 9.47 Å². The maximum atomic E-state index is 5.38. The van der Waals surface area contributed by atoms with E-state index in [1.807, 2.05) is 19.1 Å². The van der Waals surface area contributed by atoms with Crippen LogP contribution in [-0.2, 0) is 9.06 Å². The molecule has 0 atom stereocenters. The summed E-state index contributed by atoms with van der Waals surface area (Å²) in [4.78, 5) is 0. The molecular weight excluding hydrogens is 244 g/mol. The first-order valence-electron chi connectivity index (χ1n) is 4.74. The van der Waals surface area contributed by atoms with E-state index in [2.05, 4.69) is 28.1 Å². The number of benzene rings is 1. The number of alkyl halides is 1. The van der Waals surface area contributed by atoms with Gasteiger partial charge in [0.25, 0.3) is 0 Å². The molecular formula is C11H13BrO2. The van der Waals surface area contributed by atoms with E-state index in [1.165, 1.54) is 5.56 Å². The quantitative estimate of drug-likeness (QED) is 0.775. The fraction of sp³-hybridized carbons (Fsp3) is 0.455. The molecule has 14 heavy (non-hydrogen) atoms. The lowest BCUT2D eigenvalue weighted by molar-refractivity contribution is -0.00700. The van der Waals surface area contributed by atoms with Crippen molar-refractivity contribution in [2.75, 3.05) is 19.8 Å². The highest BCUT2D eigenvalue weighted by Crippen LogP contribution is 2.38. The van der Waals surface area contributed by atoms with Gasteiger partial charge >= 0.3 is 0 Å². The van der Waals surface area contributed by atoms with Crippen LogP contribution in [0.3, 0.4) is 0 Å². The minimum atomic E-state index is 0.0394. The van der Waals surface area contributed by atoms with Gasteiger partial charge in [-0.3, -0.25) is 0 Å². The van der Waals surface area contributed by atoms with Gasteiger partial charge in [-0.1, -0.05) is 28.1 Å². The normalized spacial score (nSPS) is 18.7. The molecule has 1 aliphatic heterocycles. The van der Waals surface area contributed by atoms with E-state index in [-0.39, 0.29) is 4.32 Å².